The van der Waals surface area contributed by atoms with Gasteiger partial charge < -0.3 is 14.9 Å². The van der Waals surface area contributed by atoms with Crippen LogP contribution in [0.3, 0.4) is 0 Å². The van der Waals surface area contributed by atoms with Crippen molar-refractivity contribution in [3.05, 3.63) is 0 Å². The van der Waals surface area contributed by atoms with E-state index in [2.05, 4.69) is 20.8 Å². The third kappa shape index (κ3) is 3.28. The summed E-state index contributed by atoms with van der Waals surface area (Å²) in [5.41, 5.74) is 0.147. The molecule has 0 radical (unpaired) electrons. The normalized spacial score (nSPS) is 50.2. The number of aliphatic hydroxyl groups is 2. The van der Waals surface area contributed by atoms with Crippen LogP contribution in [0.2, 0.25) is 0 Å². The zero-order chi connectivity index (χ0) is 21.0. The van der Waals surface area contributed by atoms with Crippen molar-refractivity contribution in [3.8, 4) is 0 Å². The quantitative estimate of drug-likeness (QED) is 0.671. The van der Waals surface area contributed by atoms with Gasteiger partial charge in [0.15, 0.2) is 0 Å². The lowest BCUT2D eigenvalue weighted by Gasteiger charge is -2.63. The van der Waals surface area contributed by atoms with Gasteiger partial charge >= 0.3 is 5.97 Å². The lowest BCUT2D eigenvalue weighted by molar-refractivity contribution is -0.201. The van der Waals surface area contributed by atoms with Crippen LogP contribution < -0.4 is 0 Å². The average Bonchev–Trinajstić information content (AvgIpc) is 3.05. The highest BCUT2D eigenvalue weighted by Gasteiger charge is 2.65. The molecule has 0 aromatic heterocycles. The van der Waals surface area contributed by atoms with E-state index in [1.165, 1.54) is 32.8 Å². The van der Waals surface area contributed by atoms with Crippen LogP contribution in [0.1, 0.15) is 85.0 Å². The standard InChI is InChI=1S/C25H42O4/c1-15(8-11-22(28)29-4)17-9-10-18-23-19(14-21(27)25(17,18)3)24(2)12-6-5-7-16(24)13-20(23)26/h15-21,23,26-27H,5-14H2,1-4H3/t15-,16+,17-,18+,19+,20+,21-,23+,24+,25-/m1/s1. The van der Waals surface area contributed by atoms with Gasteiger partial charge in [-0.15, -0.1) is 0 Å². The van der Waals surface area contributed by atoms with Gasteiger partial charge in [0.25, 0.3) is 0 Å². The van der Waals surface area contributed by atoms with Gasteiger partial charge in [0.05, 0.1) is 19.3 Å². The van der Waals surface area contributed by atoms with Gasteiger partial charge in [0.1, 0.15) is 0 Å². The first-order valence-corrected chi connectivity index (χ1v) is 12.2. The van der Waals surface area contributed by atoms with Crippen LogP contribution in [0.25, 0.3) is 0 Å². The highest BCUT2D eigenvalue weighted by Crippen LogP contribution is 2.68. The number of ether oxygens (including phenoxy) is 1. The lowest BCUT2D eigenvalue weighted by atomic mass is 9.43. The van der Waals surface area contributed by atoms with Crippen LogP contribution >= 0.6 is 0 Å². The number of fused-ring (bicyclic) bond motifs is 5. The molecule has 0 aromatic rings. The molecule has 0 aliphatic heterocycles. The maximum Gasteiger partial charge on any atom is 0.305 e. The summed E-state index contributed by atoms with van der Waals surface area (Å²) in [7, 11) is 1.45. The number of hydrogen-bond acceptors (Lipinski definition) is 4. The smallest absolute Gasteiger partial charge is 0.305 e. The minimum Gasteiger partial charge on any atom is -0.469 e. The molecule has 166 valence electrons. The first-order valence-electron chi connectivity index (χ1n) is 12.2. The molecule has 4 fully saturated rings. The fraction of sp³-hybridized carbons (Fsp3) is 0.960. The molecule has 0 heterocycles. The summed E-state index contributed by atoms with van der Waals surface area (Å²) in [5, 5.41) is 22.8. The van der Waals surface area contributed by atoms with E-state index >= 15 is 0 Å². The van der Waals surface area contributed by atoms with E-state index in [4.69, 9.17) is 4.74 Å². The maximum absolute atomic E-state index is 11.7. The van der Waals surface area contributed by atoms with Gasteiger partial charge in [-0.05, 0) is 91.3 Å². The Morgan fingerprint density at radius 3 is 2.59 bits per heavy atom. The van der Waals surface area contributed by atoms with Crippen molar-refractivity contribution in [2.75, 3.05) is 7.11 Å². The van der Waals surface area contributed by atoms with E-state index in [0.29, 0.717) is 47.3 Å². The Morgan fingerprint density at radius 1 is 1.10 bits per heavy atom. The number of hydrogen-bond donors (Lipinski definition) is 2. The van der Waals surface area contributed by atoms with E-state index in [-0.39, 0.29) is 23.6 Å². The van der Waals surface area contributed by atoms with Crippen molar-refractivity contribution in [3.63, 3.8) is 0 Å². The summed E-state index contributed by atoms with van der Waals surface area (Å²) in [6.45, 7) is 7.02. The van der Waals surface area contributed by atoms with Gasteiger partial charge in [-0.1, -0.05) is 33.6 Å². The molecule has 4 rings (SSSR count). The molecule has 4 aliphatic rings. The summed E-state index contributed by atoms with van der Waals surface area (Å²) < 4.78 is 4.84. The topological polar surface area (TPSA) is 66.8 Å². The molecule has 4 nitrogen and oxygen atoms in total. The van der Waals surface area contributed by atoms with Crippen LogP contribution in [0.15, 0.2) is 0 Å². The Hall–Kier alpha value is -0.610. The molecule has 0 unspecified atom stereocenters. The average molecular weight is 407 g/mol. The third-order valence-corrected chi connectivity index (χ3v) is 10.5. The lowest BCUT2D eigenvalue weighted by Crippen LogP contribution is -2.61. The van der Waals surface area contributed by atoms with Gasteiger partial charge in [-0.3, -0.25) is 4.79 Å². The largest absolute Gasteiger partial charge is 0.469 e. The number of esters is 1. The second kappa shape index (κ2) is 7.82. The Morgan fingerprint density at radius 2 is 1.86 bits per heavy atom. The number of rotatable bonds is 4. The molecule has 0 spiro atoms. The number of methoxy groups -OCH3 is 1. The molecule has 0 aromatic carbocycles. The van der Waals surface area contributed by atoms with Gasteiger partial charge in [0.2, 0.25) is 0 Å². The van der Waals surface area contributed by atoms with Crippen molar-refractivity contribution in [2.45, 2.75) is 97.2 Å². The molecule has 0 saturated heterocycles. The summed E-state index contributed by atoms with van der Waals surface area (Å²) in [4.78, 5) is 11.7. The summed E-state index contributed by atoms with van der Waals surface area (Å²) in [5.74, 6) is 2.47. The predicted molar refractivity (Wildman–Crippen MR) is 113 cm³/mol. The minimum absolute atomic E-state index is 0.139. The molecule has 0 bridgehead atoms. The monoisotopic (exact) mass is 406 g/mol. The predicted octanol–water partition coefficient (Wildman–Crippen LogP) is 4.57. The van der Waals surface area contributed by atoms with Crippen LogP contribution in [-0.2, 0) is 9.53 Å². The van der Waals surface area contributed by atoms with E-state index in [9.17, 15) is 15.0 Å². The third-order valence-electron chi connectivity index (χ3n) is 10.5. The van der Waals surface area contributed by atoms with E-state index in [1.807, 2.05) is 0 Å². The molecular formula is C25H42O4. The molecule has 4 heteroatoms. The van der Waals surface area contributed by atoms with Crippen LogP contribution in [-0.4, -0.2) is 35.5 Å². The molecule has 4 aliphatic carbocycles. The Balaban J connectivity index is 1.58. The van der Waals surface area contributed by atoms with Gasteiger partial charge in [0, 0.05) is 6.42 Å². The summed E-state index contributed by atoms with van der Waals surface area (Å²) in [6.07, 6.45) is 9.92. The van der Waals surface area contributed by atoms with Crippen LogP contribution in [0.4, 0.5) is 0 Å². The van der Waals surface area contributed by atoms with E-state index in [0.717, 1.165) is 32.1 Å². The van der Waals surface area contributed by atoms with Crippen molar-refractivity contribution in [1.29, 1.82) is 0 Å². The number of carbonyl (C=O) groups excluding carboxylic acids is 1. The second-order valence-electron chi connectivity index (χ2n) is 11.4. The van der Waals surface area contributed by atoms with Crippen molar-refractivity contribution in [2.24, 2.45) is 46.3 Å². The number of carbonyl (C=O) groups is 1. The van der Waals surface area contributed by atoms with E-state index in [1.54, 1.807) is 0 Å². The zero-order valence-electron chi connectivity index (χ0n) is 18.9. The van der Waals surface area contributed by atoms with Gasteiger partial charge in [-0.25, -0.2) is 0 Å². The molecule has 2 N–H and O–H groups in total. The molecular weight excluding hydrogens is 364 g/mol. The molecule has 29 heavy (non-hydrogen) atoms. The summed E-state index contributed by atoms with van der Waals surface area (Å²) >= 11 is 0. The van der Waals surface area contributed by atoms with E-state index < -0.39 is 0 Å². The SMILES string of the molecule is COC(=O)CC[C@@H](C)[C@H]1CC[C@H]2[C@@H]3[C@@H](O)C[C@@H]4CCCC[C@]4(C)[C@H]3C[C@@H](O)[C@]12C. The Bertz CT molecular complexity index is 620. The maximum atomic E-state index is 11.7. The summed E-state index contributed by atoms with van der Waals surface area (Å²) in [6, 6.07) is 0. The molecule has 4 saturated carbocycles. The van der Waals surface area contributed by atoms with Crippen molar-refractivity contribution in [1.82, 2.24) is 0 Å². The molecule has 10 atom stereocenters. The Kier molecular flexibility index (Phi) is 5.83. The van der Waals surface area contributed by atoms with Crippen LogP contribution in [0, 0.1) is 46.3 Å². The Labute approximate surface area is 176 Å². The van der Waals surface area contributed by atoms with Crippen molar-refractivity contribution < 1.29 is 19.7 Å². The first-order chi connectivity index (χ1) is 13.7. The second-order valence-corrected chi connectivity index (χ2v) is 11.4. The highest BCUT2D eigenvalue weighted by molar-refractivity contribution is 5.69. The fourth-order valence-corrected chi connectivity index (χ4v) is 8.84. The van der Waals surface area contributed by atoms with Crippen molar-refractivity contribution >= 4 is 5.97 Å². The van der Waals surface area contributed by atoms with Gasteiger partial charge in [-0.2, -0.15) is 0 Å². The minimum atomic E-state index is -0.300. The van der Waals surface area contributed by atoms with Crippen LogP contribution in [0.5, 0.6) is 0 Å². The number of aliphatic hydroxyl groups excluding tert-OH is 2. The zero-order valence-corrected chi connectivity index (χ0v) is 18.9. The fourth-order valence-electron chi connectivity index (χ4n) is 8.84. The molecule has 0 amide bonds. The highest BCUT2D eigenvalue weighted by atomic mass is 16.5. The first kappa shape index (κ1) is 21.6.